The third-order valence-corrected chi connectivity index (χ3v) is 22.2. The van der Waals surface area contributed by atoms with Crippen LogP contribution in [-0.2, 0) is 28.0 Å². The molecule has 1 saturated heterocycles. The van der Waals surface area contributed by atoms with Crippen LogP contribution < -0.4 is 19.1 Å². The van der Waals surface area contributed by atoms with E-state index in [0.717, 1.165) is 89.0 Å². The molecule has 119 heavy (non-hydrogen) atoms. The van der Waals surface area contributed by atoms with Crippen LogP contribution in [0.3, 0.4) is 0 Å². The number of aromatic nitrogens is 2. The second kappa shape index (κ2) is 54.0. The number of sulfone groups is 1. The van der Waals surface area contributed by atoms with Gasteiger partial charge in [-0.3, -0.25) is 4.68 Å². The minimum absolute atomic E-state index is 0.130. The van der Waals surface area contributed by atoms with Gasteiger partial charge in [0.2, 0.25) is 0 Å². The van der Waals surface area contributed by atoms with Gasteiger partial charge in [-0.05, 0) is 223 Å². The number of ether oxygens (including phenoxy) is 4. The lowest BCUT2D eigenvalue weighted by Crippen LogP contribution is -2.36. The highest BCUT2D eigenvalue weighted by atomic mass is 79.9. The Labute approximate surface area is 732 Å². The Morgan fingerprint density at radius 1 is 0.521 bits per heavy atom. The van der Waals surface area contributed by atoms with Crippen LogP contribution in [-0.4, -0.2) is 89.6 Å². The maximum absolute atomic E-state index is 13.1. The van der Waals surface area contributed by atoms with Crippen molar-refractivity contribution in [1.82, 2.24) is 9.78 Å². The van der Waals surface area contributed by atoms with Crippen molar-refractivity contribution < 1.29 is 36.1 Å². The summed E-state index contributed by atoms with van der Waals surface area (Å²) < 4.78 is 72.4. The number of nitrogens with zero attached hydrogens (tertiary/aromatic N) is 6. The first kappa shape index (κ1) is 103. The van der Waals surface area contributed by atoms with Crippen LogP contribution in [0, 0.1) is 11.6 Å². The van der Waals surface area contributed by atoms with Crippen LogP contribution in [0.15, 0.2) is 242 Å². The Hall–Kier alpha value is -8.45. The third-order valence-electron chi connectivity index (χ3n) is 19.6. The highest BCUT2D eigenvalue weighted by Gasteiger charge is 2.16. The first-order chi connectivity index (χ1) is 56.4. The Balaban J connectivity index is 0.000000279. The van der Waals surface area contributed by atoms with Crippen molar-refractivity contribution in [3.05, 3.63) is 300 Å². The summed E-state index contributed by atoms with van der Waals surface area (Å²) in [5.74, 6) is 7.50. The quantitative estimate of drug-likeness (QED) is 0.0818. The van der Waals surface area contributed by atoms with E-state index >= 15 is 0 Å². The van der Waals surface area contributed by atoms with Crippen LogP contribution in [0.25, 0.3) is 0 Å². The number of hydrogen-bond donors (Lipinski definition) is 0. The summed E-state index contributed by atoms with van der Waals surface area (Å²) in [6.07, 6.45) is 8.35. The van der Waals surface area contributed by atoms with Crippen LogP contribution in [0.2, 0.25) is 5.02 Å². The fourth-order valence-corrected chi connectivity index (χ4v) is 13.3. The summed E-state index contributed by atoms with van der Waals surface area (Å²) in [5.41, 5.74) is 17.0. The van der Waals surface area contributed by atoms with Crippen LogP contribution in [0.1, 0.15) is 271 Å². The van der Waals surface area contributed by atoms with Crippen LogP contribution >= 0.6 is 39.3 Å². The Morgan fingerprint density at radius 2 is 0.983 bits per heavy atom. The van der Waals surface area contributed by atoms with Gasteiger partial charge >= 0.3 is 0 Å². The molecule has 0 spiro atoms. The lowest BCUT2D eigenvalue weighted by Gasteiger charge is -2.29. The van der Waals surface area contributed by atoms with Gasteiger partial charge in [0.1, 0.15) is 23.9 Å². The zero-order valence-electron chi connectivity index (χ0n) is 75.6. The average molecular weight is 1750 g/mol. The zero-order chi connectivity index (χ0) is 88.5. The lowest BCUT2D eigenvalue weighted by molar-refractivity contribution is 0.122. The molecule has 1 fully saturated rings. The van der Waals surface area contributed by atoms with Crippen molar-refractivity contribution in [3.8, 4) is 17.2 Å². The number of methoxy groups -OCH3 is 1. The van der Waals surface area contributed by atoms with Crippen molar-refractivity contribution in [2.24, 2.45) is 22.5 Å². The van der Waals surface area contributed by atoms with Gasteiger partial charge < -0.3 is 23.8 Å². The molecule has 3 aliphatic heterocycles. The molecule has 3 aliphatic rings. The zero-order valence-corrected chi connectivity index (χ0v) is 79.6. The molecule has 4 heterocycles. The van der Waals surface area contributed by atoms with Crippen molar-refractivity contribution in [2.45, 2.75) is 221 Å². The van der Waals surface area contributed by atoms with Gasteiger partial charge in [0.05, 0.1) is 50.3 Å². The largest absolute Gasteiger partial charge is 0.493 e. The van der Waals surface area contributed by atoms with Gasteiger partial charge in [0, 0.05) is 59.1 Å². The highest BCUT2D eigenvalue weighted by Crippen LogP contribution is 2.33. The molecule has 0 amide bonds. The maximum atomic E-state index is 13.1. The second-order valence-electron chi connectivity index (χ2n) is 32.4. The van der Waals surface area contributed by atoms with E-state index in [1.807, 2.05) is 101 Å². The fraction of sp³-hybridized carbons (Fsp3) is 0.426. The minimum Gasteiger partial charge on any atom is -0.493 e. The first-order valence-corrected chi connectivity index (χ1v) is 46.1. The second-order valence-corrected chi connectivity index (χ2v) is 36.7. The van der Waals surface area contributed by atoms with Crippen LogP contribution in [0.5, 0.6) is 17.2 Å². The SMILES string of the molecule is CC(C)c1ccc(Br)cc1F.CC(C)c1ccc(C2=NN=NC2)cc1.CC(C)c1ccc(Cl)cc1F.CC(C)c1ccc(N2CCOCC2)cc1.CC(C)c1ccc(S(C)(=O)=O)cc1.CC(C)c1ccc2c(c1)CCO2.CC(C)c1ccccc1.CC(C)c1cnn(C)c1.CCOc1cc(C(C)C)ccc1OC.CSc1ccc(C(C)C)cc1. The van der Waals surface area contributed by atoms with E-state index in [4.69, 9.17) is 30.5 Å². The molecular formula is C101H136BrClF2N6O6S2. The molecule has 0 bridgehead atoms. The molecule has 12 nitrogen and oxygen atoms in total. The first-order valence-electron chi connectivity index (χ1n) is 41.8. The smallest absolute Gasteiger partial charge is 0.175 e. The predicted octanol–water partition coefficient (Wildman–Crippen LogP) is 29.0. The Bertz CT molecular complexity index is 4640. The summed E-state index contributed by atoms with van der Waals surface area (Å²) in [6, 6.07) is 66.2. The molecule has 9 aromatic carbocycles. The highest BCUT2D eigenvalue weighted by molar-refractivity contribution is 9.10. The molecule has 0 unspecified atom stereocenters. The minimum atomic E-state index is -3.05. The van der Waals surface area contributed by atoms with Gasteiger partial charge in [-0.1, -0.05) is 287 Å². The van der Waals surface area contributed by atoms with E-state index in [1.165, 1.54) is 73.5 Å². The molecule has 0 atom stereocenters. The van der Waals surface area contributed by atoms with E-state index in [-0.39, 0.29) is 23.5 Å². The topological polar surface area (TPSA) is 129 Å². The molecule has 18 heteroatoms. The Morgan fingerprint density at radius 3 is 1.40 bits per heavy atom. The lowest BCUT2D eigenvalue weighted by atomic mass is 10.00. The average Bonchev–Trinajstić information content (AvgIpc) is 1.81. The number of fused-ring (bicyclic) bond motifs is 1. The van der Waals surface area contributed by atoms with E-state index in [0.29, 0.717) is 70.4 Å². The molecule has 1 aromatic heterocycles. The molecular weight excluding hydrogens is 1610 g/mol. The van der Waals surface area contributed by atoms with E-state index in [2.05, 4.69) is 280 Å². The number of morpholine rings is 1. The third kappa shape index (κ3) is 38.0. The molecule has 0 aliphatic carbocycles. The summed E-state index contributed by atoms with van der Waals surface area (Å²) in [4.78, 5) is 4.11. The van der Waals surface area contributed by atoms with Crippen LogP contribution in [0.4, 0.5) is 14.5 Å². The van der Waals surface area contributed by atoms with Crippen molar-refractivity contribution in [2.75, 3.05) is 70.6 Å². The number of rotatable bonds is 17. The monoisotopic (exact) mass is 1740 g/mol. The van der Waals surface area contributed by atoms with Gasteiger partial charge in [-0.25, -0.2) is 17.2 Å². The molecule has 0 radical (unpaired) electrons. The molecule has 0 saturated carbocycles. The maximum Gasteiger partial charge on any atom is 0.175 e. The predicted molar refractivity (Wildman–Crippen MR) is 506 cm³/mol. The van der Waals surface area contributed by atoms with Crippen molar-refractivity contribution >= 4 is 60.5 Å². The summed E-state index contributed by atoms with van der Waals surface area (Å²) in [6.45, 7) is 50.6. The number of anilines is 1. The van der Waals surface area contributed by atoms with E-state index in [9.17, 15) is 17.2 Å². The van der Waals surface area contributed by atoms with Gasteiger partial charge in [0.25, 0.3) is 0 Å². The fourth-order valence-electron chi connectivity index (χ4n) is 11.8. The van der Waals surface area contributed by atoms with Gasteiger partial charge in [0.15, 0.2) is 21.3 Å². The van der Waals surface area contributed by atoms with E-state index < -0.39 is 9.84 Å². The Kier molecular flexibility index (Phi) is 46.7. The molecule has 10 aromatic rings. The number of thioether (sulfide) groups is 1. The summed E-state index contributed by atoms with van der Waals surface area (Å²) >= 11 is 10.6. The van der Waals surface area contributed by atoms with E-state index in [1.54, 1.807) is 43.1 Å². The number of hydrogen-bond acceptors (Lipinski definition) is 12. The number of halogens is 4. The number of benzene rings is 9. The number of aryl methyl sites for hydroxylation is 1. The summed E-state index contributed by atoms with van der Waals surface area (Å²) in [7, 11) is 0.551. The molecule has 13 rings (SSSR count). The molecule has 646 valence electrons. The van der Waals surface area contributed by atoms with Crippen molar-refractivity contribution in [3.63, 3.8) is 0 Å². The van der Waals surface area contributed by atoms with Gasteiger partial charge in [-0.15, -0.1) is 16.9 Å². The standard InChI is InChI=1S/C13H19NO.C12H18O2.C11H13N3.C11H14O.C10H14O2S.C10H14S.C9H10BrF.C9H10ClF.C9H12.C7H12N2/c1-11(2)12-3-5-13(6-4-12)14-7-9-15-10-8-14;1-5-14-12-8-10(9(2)3)6-7-11(12)13-4;1-8(2)9-3-5-10(6-4-9)11-7-12-14-13-11;1-8(2)9-3-4-11-10(7-9)5-6-12-11;1-8(2)9-4-6-10(7-5-9)13(3,11)12;1-8(2)9-4-6-10(11-3)7-5-9;2*1-6(2)8-4-3-7(10)5-9(8)11;1-8(2)9-6-4-3-5-7-9;1-6(2)7-4-8-9(3)5-7/h3-6,11H,7-10H2,1-2H3;6-9H,5H2,1-4H3;3-6,8H,7H2,1-2H3;3-4,7-8H,5-6H2,1-2H3;4-8H,1-3H3;4-8H,1-3H3;2*3-6H,1-2H3;3-8H,1-2H3;4-6H,1-3H3. The summed E-state index contributed by atoms with van der Waals surface area (Å²) in [5, 5.41) is 15.9. The van der Waals surface area contributed by atoms with Gasteiger partial charge in [-0.2, -0.15) is 10.2 Å². The molecule has 0 N–H and O–H groups in total. The van der Waals surface area contributed by atoms with Crippen molar-refractivity contribution in [1.29, 1.82) is 0 Å². The normalized spacial score (nSPS) is 12.4.